The maximum Gasteiger partial charge on any atom is 0.387 e. The summed E-state index contributed by atoms with van der Waals surface area (Å²) in [6, 6.07) is 8.69. The molecular weight excluding hydrogens is 356 g/mol. The van der Waals surface area contributed by atoms with Crippen molar-refractivity contribution in [3.05, 3.63) is 42.7 Å². The monoisotopic (exact) mass is 375 g/mol. The first-order chi connectivity index (χ1) is 13.1. The highest BCUT2D eigenvalue weighted by atomic mass is 19.3. The number of ether oxygens (including phenoxy) is 1. The summed E-state index contributed by atoms with van der Waals surface area (Å²) in [6.45, 7) is -1.28. The number of aromatic nitrogens is 3. The van der Waals surface area contributed by atoms with Gasteiger partial charge >= 0.3 is 6.61 Å². The summed E-state index contributed by atoms with van der Waals surface area (Å²) in [5, 5.41) is 16.0. The Hall–Kier alpha value is -2.78. The standard InChI is InChI=1S/C18H19F2N5O2/c19-18(20)27-12-4-5-17-22-8-15(25(17)9-12)13-2-1-3-16(23-13)24-14-7-21-6-11(14)10-26/h1-5,8-9,11,14,18,21,26H,6-7,10H2,(H,23,24)/t11-,14+/m1/s1. The maximum absolute atomic E-state index is 12.5. The van der Waals surface area contributed by atoms with Crippen LogP contribution in [0, 0.1) is 5.92 Å². The van der Waals surface area contributed by atoms with Gasteiger partial charge in [0.05, 0.1) is 23.8 Å². The van der Waals surface area contributed by atoms with E-state index in [2.05, 4.69) is 25.3 Å². The summed E-state index contributed by atoms with van der Waals surface area (Å²) in [7, 11) is 0. The minimum atomic E-state index is -2.89. The van der Waals surface area contributed by atoms with Gasteiger partial charge in [0.1, 0.15) is 17.2 Å². The molecule has 0 spiro atoms. The zero-order valence-corrected chi connectivity index (χ0v) is 14.3. The second-order valence-electron chi connectivity index (χ2n) is 6.37. The van der Waals surface area contributed by atoms with Crippen LogP contribution in [0.15, 0.2) is 42.7 Å². The quantitative estimate of drug-likeness (QED) is 0.611. The lowest BCUT2D eigenvalue weighted by atomic mass is 10.1. The average Bonchev–Trinajstić information content (AvgIpc) is 3.27. The molecule has 4 heterocycles. The lowest BCUT2D eigenvalue weighted by Gasteiger charge is -2.18. The first-order valence-electron chi connectivity index (χ1n) is 8.61. The van der Waals surface area contributed by atoms with Gasteiger partial charge < -0.3 is 20.5 Å². The van der Waals surface area contributed by atoms with Gasteiger partial charge in [-0.3, -0.25) is 4.40 Å². The Balaban J connectivity index is 1.63. The number of nitrogens with one attached hydrogen (secondary N) is 2. The SMILES string of the molecule is OC[C@H]1CNC[C@@H]1Nc1cccc(-c2cnc3ccc(OC(F)F)cn23)n1. The molecule has 1 aliphatic rings. The Bertz CT molecular complexity index is 933. The number of rotatable bonds is 6. The molecule has 3 aromatic rings. The van der Waals surface area contributed by atoms with Crippen molar-refractivity contribution in [2.45, 2.75) is 12.7 Å². The summed E-state index contributed by atoms with van der Waals surface area (Å²) in [6.07, 6.45) is 3.11. The minimum Gasteiger partial charge on any atom is -0.433 e. The van der Waals surface area contributed by atoms with Crippen LogP contribution < -0.4 is 15.4 Å². The molecule has 4 rings (SSSR count). The predicted octanol–water partition coefficient (Wildman–Crippen LogP) is 1.99. The maximum atomic E-state index is 12.5. The van der Waals surface area contributed by atoms with Crippen LogP contribution in [0.25, 0.3) is 17.0 Å². The molecule has 9 heteroatoms. The van der Waals surface area contributed by atoms with Gasteiger partial charge in [0, 0.05) is 31.7 Å². The number of hydrogen-bond acceptors (Lipinski definition) is 6. The van der Waals surface area contributed by atoms with E-state index in [1.54, 1.807) is 16.7 Å². The smallest absolute Gasteiger partial charge is 0.387 e. The lowest BCUT2D eigenvalue weighted by Crippen LogP contribution is -2.30. The van der Waals surface area contributed by atoms with E-state index in [1.165, 1.54) is 12.3 Å². The molecule has 0 aliphatic carbocycles. The molecule has 27 heavy (non-hydrogen) atoms. The van der Waals surface area contributed by atoms with Crippen LogP contribution >= 0.6 is 0 Å². The van der Waals surface area contributed by atoms with Gasteiger partial charge in [0.15, 0.2) is 0 Å². The highest BCUT2D eigenvalue weighted by Gasteiger charge is 2.26. The van der Waals surface area contributed by atoms with E-state index in [0.29, 0.717) is 22.9 Å². The molecule has 0 unspecified atom stereocenters. The van der Waals surface area contributed by atoms with E-state index in [4.69, 9.17) is 0 Å². The highest BCUT2D eigenvalue weighted by molar-refractivity contribution is 5.62. The fourth-order valence-electron chi connectivity index (χ4n) is 3.26. The van der Waals surface area contributed by atoms with E-state index in [-0.39, 0.29) is 24.3 Å². The molecule has 0 aromatic carbocycles. The molecule has 0 bridgehead atoms. The first kappa shape index (κ1) is 17.6. The van der Waals surface area contributed by atoms with Gasteiger partial charge in [0.2, 0.25) is 0 Å². The molecule has 1 aliphatic heterocycles. The molecule has 0 radical (unpaired) electrons. The van der Waals surface area contributed by atoms with Crippen LogP contribution in [-0.2, 0) is 0 Å². The molecule has 142 valence electrons. The fourth-order valence-corrected chi connectivity index (χ4v) is 3.26. The normalized spacial score (nSPS) is 19.7. The zero-order chi connectivity index (χ0) is 18.8. The fraction of sp³-hybridized carbons (Fsp3) is 0.333. The van der Waals surface area contributed by atoms with Gasteiger partial charge in [-0.1, -0.05) is 6.07 Å². The summed E-state index contributed by atoms with van der Waals surface area (Å²) in [4.78, 5) is 8.91. The highest BCUT2D eigenvalue weighted by Crippen LogP contribution is 2.24. The molecule has 3 N–H and O–H groups in total. The number of hydrogen-bond donors (Lipinski definition) is 3. The Kier molecular flexibility index (Phi) is 4.87. The Morgan fingerprint density at radius 1 is 1.30 bits per heavy atom. The summed E-state index contributed by atoms with van der Waals surface area (Å²) in [5.74, 6) is 0.851. The predicted molar refractivity (Wildman–Crippen MR) is 95.9 cm³/mol. The van der Waals surface area contributed by atoms with Crippen molar-refractivity contribution >= 4 is 11.5 Å². The summed E-state index contributed by atoms with van der Waals surface area (Å²) in [5.41, 5.74) is 1.91. The van der Waals surface area contributed by atoms with Gasteiger partial charge in [-0.25, -0.2) is 9.97 Å². The molecule has 0 amide bonds. The van der Waals surface area contributed by atoms with Crippen LogP contribution in [0.2, 0.25) is 0 Å². The molecule has 1 saturated heterocycles. The van der Waals surface area contributed by atoms with E-state index in [9.17, 15) is 13.9 Å². The van der Waals surface area contributed by atoms with Crippen molar-refractivity contribution in [1.29, 1.82) is 0 Å². The lowest BCUT2D eigenvalue weighted by molar-refractivity contribution is -0.0501. The van der Waals surface area contributed by atoms with Crippen molar-refractivity contribution in [2.75, 3.05) is 25.0 Å². The van der Waals surface area contributed by atoms with Crippen LogP contribution in [0.1, 0.15) is 0 Å². The van der Waals surface area contributed by atoms with E-state index in [0.717, 1.165) is 13.1 Å². The summed E-state index contributed by atoms with van der Waals surface area (Å²) >= 11 is 0. The third-order valence-electron chi connectivity index (χ3n) is 4.62. The molecule has 3 aromatic heterocycles. The number of alkyl halides is 2. The van der Waals surface area contributed by atoms with Crippen molar-refractivity contribution < 1.29 is 18.6 Å². The van der Waals surface area contributed by atoms with Gasteiger partial charge in [-0.2, -0.15) is 8.78 Å². The second kappa shape index (κ2) is 7.45. The van der Waals surface area contributed by atoms with E-state index >= 15 is 0 Å². The van der Waals surface area contributed by atoms with Gasteiger partial charge in [-0.05, 0) is 24.3 Å². The van der Waals surface area contributed by atoms with Crippen LogP contribution in [0.3, 0.4) is 0 Å². The molecular formula is C18H19F2N5O2. The summed E-state index contributed by atoms with van der Waals surface area (Å²) < 4.78 is 31.1. The van der Waals surface area contributed by atoms with Gasteiger partial charge in [0.25, 0.3) is 0 Å². The van der Waals surface area contributed by atoms with Crippen LogP contribution in [0.4, 0.5) is 14.6 Å². The number of pyridine rings is 2. The van der Waals surface area contributed by atoms with Crippen molar-refractivity contribution in [3.8, 4) is 17.1 Å². The number of anilines is 1. The number of fused-ring (bicyclic) bond motifs is 1. The van der Waals surface area contributed by atoms with Crippen molar-refractivity contribution in [2.24, 2.45) is 5.92 Å². The molecule has 1 fully saturated rings. The Morgan fingerprint density at radius 2 is 2.19 bits per heavy atom. The second-order valence-corrected chi connectivity index (χ2v) is 6.37. The molecule has 0 saturated carbocycles. The number of halogens is 2. The number of imidazole rings is 1. The number of aliphatic hydroxyl groups excluding tert-OH is 1. The number of nitrogens with zero attached hydrogens (tertiary/aromatic N) is 3. The third-order valence-corrected chi connectivity index (χ3v) is 4.62. The third kappa shape index (κ3) is 3.69. The Labute approximate surface area is 154 Å². The van der Waals surface area contributed by atoms with Crippen LogP contribution in [-0.4, -0.2) is 51.8 Å². The largest absolute Gasteiger partial charge is 0.433 e. The average molecular weight is 375 g/mol. The topological polar surface area (TPSA) is 83.7 Å². The van der Waals surface area contributed by atoms with E-state index < -0.39 is 6.61 Å². The van der Waals surface area contributed by atoms with Crippen molar-refractivity contribution in [1.82, 2.24) is 19.7 Å². The molecule has 2 atom stereocenters. The zero-order valence-electron chi connectivity index (χ0n) is 14.3. The number of aliphatic hydroxyl groups is 1. The van der Waals surface area contributed by atoms with Gasteiger partial charge in [-0.15, -0.1) is 0 Å². The van der Waals surface area contributed by atoms with E-state index in [1.807, 2.05) is 18.2 Å². The first-order valence-corrected chi connectivity index (χ1v) is 8.61. The van der Waals surface area contributed by atoms with Crippen molar-refractivity contribution in [3.63, 3.8) is 0 Å². The van der Waals surface area contributed by atoms with Crippen LogP contribution in [0.5, 0.6) is 5.75 Å². The Morgan fingerprint density at radius 3 is 3.00 bits per heavy atom. The minimum absolute atomic E-state index is 0.0499. The molecule has 7 nitrogen and oxygen atoms in total.